The quantitative estimate of drug-likeness (QED) is 0.869. The first-order valence-electron chi connectivity index (χ1n) is 7.13. The standard InChI is InChI=1S/C15H20N2O4/c1-2-7-15(14(20)21)10-17(9-6-12(15)18)13(19)11-5-3-4-8-16-11/h3-5,8,12,18H,2,6-7,9-10H2,1H3,(H,20,21)/t12-,15+/m0/s1. The van der Waals surface area contributed by atoms with Crippen molar-refractivity contribution in [3.8, 4) is 0 Å². The van der Waals surface area contributed by atoms with Gasteiger partial charge in [0.2, 0.25) is 0 Å². The van der Waals surface area contributed by atoms with Gasteiger partial charge in [-0.3, -0.25) is 14.6 Å². The largest absolute Gasteiger partial charge is 0.481 e. The fraction of sp³-hybridized carbons (Fsp3) is 0.533. The first-order valence-corrected chi connectivity index (χ1v) is 7.13. The van der Waals surface area contributed by atoms with Gasteiger partial charge >= 0.3 is 5.97 Å². The highest BCUT2D eigenvalue weighted by Crippen LogP contribution is 2.35. The van der Waals surface area contributed by atoms with E-state index in [1.54, 1.807) is 18.2 Å². The van der Waals surface area contributed by atoms with Crippen molar-refractivity contribution in [1.82, 2.24) is 9.88 Å². The second kappa shape index (κ2) is 6.22. The summed E-state index contributed by atoms with van der Waals surface area (Å²) in [4.78, 5) is 29.6. The summed E-state index contributed by atoms with van der Waals surface area (Å²) in [5, 5.41) is 19.7. The Balaban J connectivity index is 2.24. The van der Waals surface area contributed by atoms with Crippen molar-refractivity contribution in [2.45, 2.75) is 32.3 Å². The number of aromatic nitrogens is 1. The molecule has 2 atom stereocenters. The van der Waals surface area contributed by atoms with Crippen molar-refractivity contribution < 1.29 is 19.8 Å². The number of carbonyl (C=O) groups excluding carboxylic acids is 1. The Hall–Kier alpha value is -1.95. The lowest BCUT2D eigenvalue weighted by molar-refractivity contribution is -0.162. The van der Waals surface area contributed by atoms with E-state index in [1.807, 2.05) is 6.92 Å². The van der Waals surface area contributed by atoms with Gasteiger partial charge in [0.1, 0.15) is 11.1 Å². The number of rotatable bonds is 4. The second-order valence-corrected chi connectivity index (χ2v) is 5.46. The molecule has 2 heterocycles. The molecule has 114 valence electrons. The summed E-state index contributed by atoms with van der Waals surface area (Å²) in [6.07, 6.45) is 1.85. The van der Waals surface area contributed by atoms with Gasteiger partial charge in [0.05, 0.1) is 6.10 Å². The number of carboxylic acid groups (broad SMARTS) is 1. The highest BCUT2D eigenvalue weighted by Gasteiger charge is 2.49. The van der Waals surface area contributed by atoms with Crippen LogP contribution >= 0.6 is 0 Å². The minimum atomic E-state index is -1.28. The summed E-state index contributed by atoms with van der Waals surface area (Å²) in [6, 6.07) is 5.04. The van der Waals surface area contributed by atoms with Crippen molar-refractivity contribution in [2.24, 2.45) is 5.41 Å². The van der Waals surface area contributed by atoms with Gasteiger partial charge in [-0.1, -0.05) is 19.4 Å². The number of aliphatic hydroxyl groups is 1. The van der Waals surface area contributed by atoms with Crippen molar-refractivity contribution in [3.05, 3.63) is 30.1 Å². The highest BCUT2D eigenvalue weighted by molar-refractivity contribution is 5.93. The van der Waals surface area contributed by atoms with Crippen LogP contribution in [0.3, 0.4) is 0 Å². The molecule has 0 saturated carbocycles. The maximum absolute atomic E-state index is 12.4. The number of hydrogen-bond acceptors (Lipinski definition) is 4. The van der Waals surface area contributed by atoms with Gasteiger partial charge in [-0.25, -0.2) is 0 Å². The van der Waals surface area contributed by atoms with Crippen LogP contribution in [0.15, 0.2) is 24.4 Å². The average Bonchev–Trinajstić information content (AvgIpc) is 2.49. The van der Waals surface area contributed by atoms with Gasteiger partial charge in [-0.05, 0) is 25.0 Å². The van der Waals surface area contributed by atoms with Crippen LogP contribution in [0.5, 0.6) is 0 Å². The van der Waals surface area contributed by atoms with E-state index in [9.17, 15) is 19.8 Å². The number of aliphatic carboxylic acids is 1. The van der Waals surface area contributed by atoms with E-state index in [4.69, 9.17) is 0 Å². The molecule has 0 aromatic carbocycles. The summed E-state index contributed by atoms with van der Waals surface area (Å²) in [7, 11) is 0. The molecule has 2 N–H and O–H groups in total. The third kappa shape index (κ3) is 2.90. The second-order valence-electron chi connectivity index (χ2n) is 5.46. The lowest BCUT2D eigenvalue weighted by atomic mass is 9.74. The fourth-order valence-electron chi connectivity index (χ4n) is 2.91. The molecule has 1 fully saturated rings. The van der Waals surface area contributed by atoms with Crippen LogP contribution in [0, 0.1) is 5.41 Å². The topological polar surface area (TPSA) is 90.7 Å². The SMILES string of the molecule is CCC[C@@]1(C(=O)O)CN(C(=O)c2ccccn2)CC[C@@H]1O. The van der Waals surface area contributed by atoms with Crippen LogP contribution in [-0.2, 0) is 4.79 Å². The number of pyridine rings is 1. The third-order valence-electron chi connectivity index (χ3n) is 4.08. The number of piperidine rings is 1. The predicted molar refractivity (Wildman–Crippen MR) is 75.7 cm³/mol. The number of carboxylic acids is 1. The van der Waals surface area contributed by atoms with Gasteiger partial charge in [0.25, 0.3) is 5.91 Å². The Bertz CT molecular complexity index is 520. The molecular formula is C15H20N2O4. The zero-order valence-corrected chi connectivity index (χ0v) is 12.0. The first-order chi connectivity index (χ1) is 10.0. The van der Waals surface area contributed by atoms with E-state index in [0.717, 1.165) is 0 Å². The number of aliphatic hydroxyl groups excluding tert-OH is 1. The molecule has 1 aliphatic heterocycles. The molecule has 0 spiro atoms. The Morgan fingerprint density at radius 1 is 1.48 bits per heavy atom. The molecule has 1 aromatic heterocycles. The molecule has 1 saturated heterocycles. The number of amides is 1. The van der Waals surface area contributed by atoms with Crippen molar-refractivity contribution in [1.29, 1.82) is 0 Å². The van der Waals surface area contributed by atoms with Crippen LogP contribution < -0.4 is 0 Å². The molecule has 2 rings (SSSR count). The Morgan fingerprint density at radius 2 is 2.24 bits per heavy atom. The van der Waals surface area contributed by atoms with Gasteiger partial charge in [0.15, 0.2) is 0 Å². The first kappa shape index (κ1) is 15.4. The summed E-state index contributed by atoms with van der Waals surface area (Å²) < 4.78 is 0. The summed E-state index contributed by atoms with van der Waals surface area (Å²) in [5.74, 6) is -1.33. The smallest absolute Gasteiger partial charge is 0.314 e. The van der Waals surface area contributed by atoms with E-state index in [1.165, 1.54) is 11.1 Å². The molecule has 1 aliphatic rings. The molecule has 1 amide bonds. The molecule has 1 aromatic rings. The molecular weight excluding hydrogens is 272 g/mol. The number of hydrogen-bond donors (Lipinski definition) is 2. The van der Waals surface area contributed by atoms with E-state index < -0.39 is 17.5 Å². The van der Waals surface area contributed by atoms with Gasteiger partial charge in [-0.15, -0.1) is 0 Å². The van der Waals surface area contributed by atoms with Crippen molar-refractivity contribution in [3.63, 3.8) is 0 Å². The number of carbonyl (C=O) groups is 2. The number of likely N-dealkylation sites (tertiary alicyclic amines) is 1. The average molecular weight is 292 g/mol. The maximum Gasteiger partial charge on any atom is 0.314 e. The fourth-order valence-corrected chi connectivity index (χ4v) is 2.91. The monoisotopic (exact) mass is 292 g/mol. The summed E-state index contributed by atoms with van der Waals surface area (Å²) in [5.41, 5.74) is -0.984. The number of nitrogens with zero attached hydrogens (tertiary/aromatic N) is 2. The highest BCUT2D eigenvalue weighted by atomic mass is 16.4. The summed E-state index contributed by atoms with van der Waals surface area (Å²) >= 11 is 0. The zero-order chi connectivity index (χ0) is 15.5. The normalized spacial score (nSPS) is 25.6. The van der Waals surface area contributed by atoms with Crippen LogP contribution in [-0.4, -0.2) is 51.2 Å². The Labute approximate surface area is 123 Å². The Kier molecular flexibility index (Phi) is 4.57. The van der Waals surface area contributed by atoms with Gasteiger partial charge < -0.3 is 15.1 Å². The molecule has 0 radical (unpaired) electrons. The van der Waals surface area contributed by atoms with Gasteiger partial charge in [-0.2, -0.15) is 0 Å². The Morgan fingerprint density at radius 3 is 2.81 bits per heavy atom. The molecule has 6 heteroatoms. The lowest BCUT2D eigenvalue weighted by Crippen LogP contribution is -2.57. The molecule has 0 aliphatic carbocycles. The van der Waals surface area contributed by atoms with Crippen molar-refractivity contribution in [2.75, 3.05) is 13.1 Å². The third-order valence-corrected chi connectivity index (χ3v) is 4.08. The molecule has 0 bridgehead atoms. The van der Waals surface area contributed by atoms with Crippen LogP contribution in [0.1, 0.15) is 36.7 Å². The van der Waals surface area contributed by atoms with Crippen LogP contribution in [0.2, 0.25) is 0 Å². The molecule has 21 heavy (non-hydrogen) atoms. The predicted octanol–water partition coefficient (Wildman–Crippen LogP) is 1.16. The van der Waals surface area contributed by atoms with E-state index in [0.29, 0.717) is 25.1 Å². The van der Waals surface area contributed by atoms with Crippen LogP contribution in [0.4, 0.5) is 0 Å². The van der Waals surface area contributed by atoms with E-state index in [-0.39, 0.29) is 18.9 Å². The lowest BCUT2D eigenvalue weighted by Gasteiger charge is -2.43. The van der Waals surface area contributed by atoms with Crippen molar-refractivity contribution >= 4 is 11.9 Å². The summed E-state index contributed by atoms with van der Waals surface area (Å²) in [6.45, 7) is 2.24. The maximum atomic E-state index is 12.4. The molecule has 0 unspecified atom stereocenters. The van der Waals surface area contributed by atoms with E-state index >= 15 is 0 Å². The zero-order valence-electron chi connectivity index (χ0n) is 12.0. The van der Waals surface area contributed by atoms with E-state index in [2.05, 4.69) is 4.98 Å². The minimum Gasteiger partial charge on any atom is -0.481 e. The molecule has 6 nitrogen and oxygen atoms in total. The van der Waals surface area contributed by atoms with Gasteiger partial charge in [0, 0.05) is 19.3 Å². The van der Waals surface area contributed by atoms with Crippen LogP contribution in [0.25, 0.3) is 0 Å². The minimum absolute atomic E-state index is 0.0206.